The number of para-hydroxylation sites is 1. The zero-order valence-electron chi connectivity index (χ0n) is 17.3. The molecule has 0 unspecified atom stereocenters. The number of thioether (sulfide) groups is 1. The van der Waals surface area contributed by atoms with E-state index in [9.17, 15) is 18.4 Å². The zero-order chi connectivity index (χ0) is 23.5. The van der Waals surface area contributed by atoms with E-state index in [1.54, 1.807) is 42.5 Å². The first-order valence-electron chi connectivity index (χ1n) is 9.83. The molecule has 4 rings (SSSR count). The van der Waals surface area contributed by atoms with Crippen LogP contribution in [0.5, 0.6) is 5.75 Å². The monoisotopic (exact) mass is 486 g/mol. The van der Waals surface area contributed by atoms with Crippen LogP contribution in [0, 0.1) is 6.92 Å². The summed E-state index contributed by atoms with van der Waals surface area (Å²) < 4.78 is 30.4. The van der Waals surface area contributed by atoms with E-state index in [4.69, 9.17) is 11.6 Å². The van der Waals surface area contributed by atoms with E-state index in [2.05, 4.69) is 9.72 Å². The predicted molar refractivity (Wildman–Crippen MR) is 125 cm³/mol. The van der Waals surface area contributed by atoms with Gasteiger partial charge in [0.25, 0.3) is 5.56 Å². The van der Waals surface area contributed by atoms with Gasteiger partial charge in [0.15, 0.2) is 10.9 Å². The van der Waals surface area contributed by atoms with Gasteiger partial charge in [0.2, 0.25) is 0 Å². The summed E-state index contributed by atoms with van der Waals surface area (Å²) in [5, 5.41) is 1.29. The molecule has 0 bridgehead atoms. The van der Waals surface area contributed by atoms with Gasteiger partial charge in [-0.15, -0.1) is 0 Å². The minimum absolute atomic E-state index is 0.0144. The minimum Gasteiger partial charge on any atom is -0.435 e. The maximum absolute atomic E-state index is 13.4. The van der Waals surface area contributed by atoms with Crippen LogP contribution in [0.3, 0.4) is 0 Å². The molecule has 0 aliphatic heterocycles. The molecule has 0 aliphatic carbocycles. The summed E-state index contributed by atoms with van der Waals surface area (Å²) in [7, 11) is 0. The topological polar surface area (TPSA) is 61.2 Å². The number of Topliss-reactive ketones (excluding diaryl/α,β-unsaturated/α-hetero) is 1. The quantitative estimate of drug-likeness (QED) is 0.184. The van der Waals surface area contributed by atoms with E-state index in [1.165, 1.54) is 28.8 Å². The lowest BCUT2D eigenvalue weighted by Gasteiger charge is -2.15. The number of benzene rings is 3. The summed E-state index contributed by atoms with van der Waals surface area (Å²) in [6.45, 7) is -1.13. The molecular weight excluding hydrogens is 470 g/mol. The number of nitrogens with zero attached hydrogens (tertiary/aromatic N) is 2. The van der Waals surface area contributed by atoms with E-state index < -0.39 is 6.61 Å². The van der Waals surface area contributed by atoms with Gasteiger partial charge in [0, 0.05) is 10.6 Å². The Bertz CT molecular complexity index is 1390. The van der Waals surface area contributed by atoms with Crippen LogP contribution in [0.4, 0.5) is 8.78 Å². The first-order chi connectivity index (χ1) is 15.8. The van der Waals surface area contributed by atoms with E-state index in [0.717, 1.165) is 11.8 Å². The molecule has 3 aromatic carbocycles. The molecule has 0 saturated carbocycles. The summed E-state index contributed by atoms with van der Waals surface area (Å²) >= 11 is 7.40. The molecule has 33 heavy (non-hydrogen) atoms. The lowest BCUT2D eigenvalue weighted by molar-refractivity contribution is -0.0498. The number of carbonyl (C=O) groups is 1. The molecule has 1 aromatic heterocycles. The van der Waals surface area contributed by atoms with E-state index in [-0.39, 0.29) is 22.8 Å². The van der Waals surface area contributed by atoms with Crippen molar-refractivity contribution in [2.75, 3.05) is 5.75 Å². The Morgan fingerprint density at radius 1 is 1.09 bits per heavy atom. The van der Waals surface area contributed by atoms with Crippen molar-refractivity contribution in [2.45, 2.75) is 18.7 Å². The molecule has 0 radical (unpaired) electrons. The van der Waals surface area contributed by atoms with Gasteiger partial charge in [-0.1, -0.05) is 41.6 Å². The van der Waals surface area contributed by atoms with Gasteiger partial charge in [-0.3, -0.25) is 14.2 Å². The highest BCUT2D eigenvalue weighted by Gasteiger charge is 2.17. The number of rotatable bonds is 7. The zero-order valence-corrected chi connectivity index (χ0v) is 18.9. The van der Waals surface area contributed by atoms with Crippen molar-refractivity contribution in [2.24, 2.45) is 0 Å². The number of aromatic nitrogens is 2. The second-order valence-electron chi connectivity index (χ2n) is 7.05. The third-order valence-electron chi connectivity index (χ3n) is 4.96. The number of carbonyl (C=O) groups excluding carboxylic acids is 1. The van der Waals surface area contributed by atoms with Gasteiger partial charge in [-0.05, 0) is 61.0 Å². The van der Waals surface area contributed by atoms with Crippen LogP contribution < -0.4 is 10.3 Å². The van der Waals surface area contributed by atoms with Crippen LogP contribution in [0.1, 0.15) is 15.9 Å². The Balaban J connectivity index is 1.69. The van der Waals surface area contributed by atoms with E-state index in [1.807, 2.05) is 6.92 Å². The summed E-state index contributed by atoms with van der Waals surface area (Å²) in [5.74, 6) is -0.296. The number of hydrogen-bond acceptors (Lipinski definition) is 5. The summed E-state index contributed by atoms with van der Waals surface area (Å²) in [4.78, 5) is 30.7. The summed E-state index contributed by atoms with van der Waals surface area (Å²) in [6.07, 6.45) is 0. The Kier molecular flexibility index (Phi) is 6.76. The van der Waals surface area contributed by atoms with Gasteiger partial charge in [0.1, 0.15) is 5.75 Å². The molecule has 0 aliphatic rings. The van der Waals surface area contributed by atoms with Crippen molar-refractivity contribution in [1.82, 2.24) is 9.55 Å². The molecule has 0 atom stereocenters. The van der Waals surface area contributed by atoms with Crippen LogP contribution in [0.2, 0.25) is 5.02 Å². The molecule has 0 amide bonds. The lowest BCUT2D eigenvalue weighted by Crippen LogP contribution is -2.23. The molecule has 1 heterocycles. The smallest absolute Gasteiger partial charge is 0.387 e. The molecule has 0 fully saturated rings. The number of alkyl halides is 2. The van der Waals surface area contributed by atoms with Crippen LogP contribution >= 0.6 is 23.4 Å². The molecule has 9 heteroatoms. The van der Waals surface area contributed by atoms with Gasteiger partial charge < -0.3 is 4.74 Å². The second-order valence-corrected chi connectivity index (χ2v) is 8.40. The molecule has 0 spiro atoms. The SMILES string of the molecule is Cc1c(Cl)cccc1-n1c(SCC(=O)c2ccc(OC(F)F)cc2)nc2ccccc2c1=O. The lowest BCUT2D eigenvalue weighted by atomic mass is 10.1. The second kappa shape index (κ2) is 9.72. The van der Waals surface area contributed by atoms with Crippen molar-refractivity contribution in [3.8, 4) is 11.4 Å². The van der Waals surface area contributed by atoms with Crippen molar-refractivity contribution < 1.29 is 18.3 Å². The fourth-order valence-corrected chi connectivity index (χ4v) is 4.37. The third kappa shape index (κ3) is 4.91. The first-order valence-corrected chi connectivity index (χ1v) is 11.2. The third-order valence-corrected chi connectivity index (χ3v) is 6.31. The molecule has 4 aromatic rings. The largest absolute Gasteiger partial charge is 0.435 e. The Morgan fingerprint density at radius 3 is 2.55 bits per heavy atom. The maximum Gasteiger partial charge on any atom is 0.387 e. The number of ether oxygens (including phenoxy) is 1. The highest BCUT2D eigenvalue weighted by Crippen LogP contribution is 2.27. The minimum atomic E-state index is -2.94. The maximum atomic E-state index is 13.4. The van der Waals surface area contributed by atoms with E-state index >= 15 is 0 Å². The Labute approximate surface area is 197 Å². The van der Waals surface area contributed by atoms with Crippen molar-refractivity contribution >= 4 is 40.0 Å². The summed E-state index contributed by atoms with van der Waals surface area (Å²) in [6, 6.07) is 17.7. The number of fused-ring (bicyclic) bond motifs is 1. The average molecular weight is 487 g/mol. The van der Waals surface area contributed by atoms with Gasteiger partial charge in [-0.25, -0.2) is 4.98 Å². The number of halogens is 3. The summed E-state index contributed by atoms with van der Waals surface area (Å²) in [5.41, 5.74) is 1.87. The Hall–Kier alpha value is -3.23. The highest BCUT2D eigenvalue weighted by molar-refractivity contribution is 7.99. The highest BCUT2D eigenvalue weighted by atomic mass is 35.5. The molecule has 0 N–H and O–H groups in total. The fourth-order valence-electron chi connectivity index (χ4n) is 3.30. The van der Waals surface area contributed by atoms with Gasteiger partial charge in [0.05, 0.1) is 22.3 Å². The molecule has 0 saturated heterocycles. The van der Waals surface area contributed by atoms with Crippen LogP contribution in [0.15, 0.2) is 76.7 Å². The van der Waals surface area contributed by atoms with Gasteiger partial charge >= 0.3 is 6.61 Å². The molecule has 168 valence electrons. The van der Waals surface area contributed by atoms with Crippen LogP contribution in [-0.2, 0) is 0 Å². The fraction of sp³-hybridized carbons (Fsp3) is 0.125. The van der Waals surface area contributed by atoms with Crippen LogP contribution in [0.25, 0.3) is 16.6 Å². The average Bonchev–Trinajstić information content (AvgIpc) is 2.80. The normalized spacial score (nSPS) is 11.2. The van der Waals surface area contributed by atoms with E-state index in [0.29, 0.717) is 37.9 Å². The number of hydrogen-bond donors (Lipinski definition) is 0. The first kappa shape index (κ1) is 22.9. The van der Waals surface area contributed by atoms with Crippen molar-refractivity contribution in [3.63, 3.8) is 0 Å². The van der Waals surface area contributed by atoms with Crippen LogP contribution in [-0.4, -0.2) is 27.7 Å². The predicted octanol–water partition coefficient (Wildman–Crippen LogP) is 5.92. The Morgan fingerprint density at radius 2 is 1.82 bits per heavy atom. The standard InChI is InChI=1S/C24H17ClF2N2O3S/c1-14-18(25)6-4-8-20(14)29-22(31)17-5-2-3-7-19(17)28-24(29)33-13-21(30)15-9-11-16(12-10-15)32-23(26)27/h2-12,23H,13H2,1H3. The van der Waals surface area contributed by atoms with Crippen molar-refractivity contribution in [1.29, 1.82) is 0 Å². The van der Waals surface area contributed by atoms with Gasteiger partial charge in [-0.2, -0.15) is 8.78 Å². The van der Waals surface area contributed by atoms with Crippen molar-refractivity contribution in [3.05, 3.63) is 93.2 Å². The number of ketones is 1. The molecular formula is C24H17ClF2N2O3S. The molecule has 5 nitrogen and oxygen atoms in total.